The molecule has 3 aromatic carbocycles. The molecule has 0 bridgehead atoms. The van der Waals surface area contributed by atoms with Crippen LogP contribution in [0.25, 0.3) is 0 Å². The number of para-hydroxylation sites is 1. The summed E-state index contributed by atoms with van der Waals surface area (Å²) < 4.78 is 12.6. The van der Waals surface area contributed by atoms with Crippen LogP contribution in [-0.4, -0.2) is 79.4 Å². The van der Waals surface area contributed by atoms with Crippen LogP contribution in [0.3, 0.4) is 0 Å². The Balaban J connectivity index is 1.49. The Kier molecular flexibility index (Phi) is 9.25. The molecule has 0 aliphatic carbocycles. The van der Waals surface area contributed by atoms with Crippen LogP contribution in [0.15, 0.2) is 72.8 Å². The lowest BCUT2D eigenvalue weighted by atomic mass is 9.82. The SMILES string of the molecule is COc1ccc([Si](C)(C)[C@H]2[C@H](CC(=O)N3CCC[C@H]3CO)O[C@@]3(C(=O)N(c4ccccc4)c4ccc(NC(=O)[C@H](C)O)cc43)[C@@H]2C)cc1. The lowest BCUT2D eigenvalue weighted by molar-refractivity contribution is -0.149. The van der Waals surface area contributed by atoms with Gasteiger partial charge in [0.25, 0.3) is 11.8 Å². The summed E-state index contributed by atoms with van der Waals surface area (Å²) in [6.07, 6.45) is -0.161. The van der Waals surface area contributed by atoms with Gasteiger partial charge in [0.15, 0.2) is 5.60 Å². The molecule has 0 saturated carbocycles. The molecule has 11 heteroatoms. The van der Waals surface area contributed by atoms with Crippen molar-refractivity contribution < 1.29 is 34.1 Å². The third-order valence-corrected chi connectivity index (χ3v) is 15.0. The summed E-state index contributed by atoms with van der Waals surface area (Å²) in [5, 5.41) is 23.8. The maximum absolute atomic E-state index is 15.1. The molecule has 3 aliphatic rings. The summed E-state index contributed by atoms with van der Waals surface area (Å²) in [7, 11) is -0.882. The van der Waals surface area contributed by atoms with Crippen LogP contribution < -0.4 is 20.1 Å². The number of aliphatic hydroxyl groups excluding tert-OH is 2. The van der Waals surface area contributed by atoms with E-state index < -0.39 is 31.8 Å². The van der Waals surface area contributed by atoms with Crippen molar-refractivity contribution in [3.63, 3.8) is 0 Å². The normalized spacial score (nSPS) is 25.8. The van der Waals surface area contributed by atoms with Crippen molar-refractivity contribution in [1.82, 2.24) is 4.90 Å². The van der Waals surface area contributed by atoms with Gasteiger partial charge in [-0.05, 0) is 67.8 Å². The second kappa shape index (κ2) is 13.1. The van der Waals surface area contributed by atoms with E-state index in [0.717, 1.165) is 23.8 Å². The van der Waals surface area contributed by atoms with Gasteiger partial charge in [-0.15, -0.1) is 0 Å². The highest BCUT2D eigenvalue weighted by Gasteiger charge is 2.67. The van der Waals surface area contributed by atoms with Crippen molar-refractivity contribution in [3.05, 3.63) is 78.4 Å². The smallest absolute Gasteiger partial charge is 0.268 e. The van der Waals surface area contributed by atoms with E-state index >= 15 is 4.79 Å². The molecule has 2 fully saturated rings. The van der Waals surface area contributed by atoms with Gasteiger partial charge < -0.3 is 29.9 Å². The van der Waals surface area contributed by atoms with Gasteiger partial charge in [0.1, 0.15) is 11.9 Å². The highest BCUT2D eigenvalue weighted by molar-refractivity contribution is 6.91. The summed E-state index contributed by atoms with van der Waals surface area (Å²) in [5.74, 6) is -0.518. The Labute approximate surface area is 282 Å². The number of nitrogens with one attached hydrogen (secondary N) is 1. The summed E-state index contributed by atoms with van der Waals surface area (Å²) in [6.45, 7) is 8.46. The van der Waals surface area contributed by atoms with Crippen LogP contribution in [0.2, 0.25) is 18.6 Å². The topological polar surface area (TPSA) is 129 Å². The van der Waals surface area contributed by atoms with E-state index in [2.05, 4.69) is 37.5 Å². The molecular weight excluding hydrogens is 627 g/mol. The molecule has 10 nitrogen and oxygen atoms in total. The zero-order chi connectivity index (χ0) is 34.4. The average molecular weight is 672 g/mol. The van der Waals surface area contributed by atoms with Gasteiger partial charge >= 0.3 is 0 Å². The van der Waals surface area contributed by atoms with Crippen LogP contribution in [0.1, 0.15) is 38.7 Å². The summed E-state index contributed by atoms with van der Waals surface area (Å²) in [5.41, 5.74) is 0.743. The lowest BCUT2D eigenvalue weighted by Crippen LogP contribution is -2.52. The number of carbonyl (C=O) groups is 3. The number of fused-ring (bicyclic) bond motifs is 2. The molecule has 2 saturated heterocycles. The van der Waals surface area contributed by atoms with Crippen molar-refractivity contribution in [3.8, 4) is 5.75 Å². The zero-order valence-electron chi connectivity index (χ0n) is 28.2. The highest BCUT2D eigenvalue weighted by atomic mass is 28.3. The molecule has 254 valence electrons. The Morgan fingerprint density at radius 3 is 2.46 bits per heavy atom. The zero-order valence-corrected chi connectivity index (χ0v) is 29.2. The van der Waals surface area contributed by atoms with Gasteiger partial charge in [-0.3, -0.25) is 19.3 Å². The highest BCUT2D eigenvalue weighted by Crippen LogP contribution is 2.61. The number of rotatable bonds is 9. The minimum atomic E-state index is -2.51. The van der Waals surface area contributed by atoms with Crippen molar-refractivity contribution in [1.29, 1.82) is 0 Å². The first kappa shape index (κ1) is 33.9. The number of hydrogen-bond donors (Lipinski definition) is 3. The number of benzene rings is 3. The molecule has 3 aliphatic heterocycles. The number of likely N-dealkylation sites (tertiary alicyclic amines) is 1. The van der Waals surface area contributed by atoms with E-state index in [1.807, 2.05) is 42.5 Å². The fourth-order valence-corrected chi connectivity index (χ4v) is 12.3. The number of amides is 3. The van der Waals surface area contributed by atoms with Gasteiger partial charge in [-0.2, -0.15) is 0 Å². The summed E-state index contributed by atoms with van der Waals surface area (Å²) >= 11 is 0. The maximum Gasteiger partial charge on any atom is 0.268 e. The van der Waals surface area contributed by atoms with E-state index in [1.165, 1.54) is 6.92 Å². The number of ether oxygens (including phenoxy) is 2. The number of anilines is 3. The van der Waals surface area contributed by atoms with Crippen molar-refractivity contribution in [2.75, 3.05) is 30.5 Å². The van der Waals surface area contributed by atoms with Gasteiger partial charge in [0.05, 0.1) is 46.0 Å². The van der Waals surface area contributed by atoms with E-state index in [-0.39, 0.29) is 42.3 Å². The minimum Gasteiger partial charge on any atom is -0.497 e. The first-order chi connectivity index (χ1) is 22.9. The van der Waals surface area contributed by atoms with Gasteiger partial charge in [-0.1, -0.05) is 55.5 Å². The fraction of sp³-hybridized carbons (Fsp3) is 0.432. The summed E-state index contributed by atoms with van der Waals surface area (Å²) in [4.78, 5) is 45.0. The lowest BCUT2D eigenvalue weighted by Gasteiger charge is -2.37. The van der Waals surface area contributed by atoms with Gasteiger partial charge in [0.2, 0.25) is 5.91 Å². The molecule has 3 amide bonds. The second-order valence-electron chi connectivity index (χ2n) is 13.8. The van der Waals surface area contributed by atoms with E-state index in [0.29, 0.717) is 29.2 Å². The van der Waals surface area contributed by atoms with Crippen LogP contribution in [0, 0.1) is 5.92 Å². The molecule has 0 aromatic heterocycles. The van der Waals surface area contributed by atoms with Crippen LogP contribution in [0.5, 0.6) is 5.75 Å². The van der Waals surface area contributed by atoms with Crippen molar-refractivity contribution >= 4 is 48.0 Å². The van der Waals surface area contributed by atoms with Gasteiger partial charge in [0, 0.05) is 29.4 Å². The van der Waals surface area contributed by atoms with E-state index in [1.54, 1.807) is 35.1 Å². The van der Waals surface area contributed by atoms with Crippen molar-refractivity contribution in [2.24, 2.45) is 5.92 Å². The third kappa shape index (κ3) is 5.62. The molecule has 1 spiro atoms. The number of nitrogens with zero attached hydrogens (tertiary/aromatic N) is 2. The Morgan fingerprint density at radius 1 is 1.10 bits per heavy atom. The number of hydrogen-bond acceptors (Lipinski definition) is 7. The minimum absolute atomic E-state index is 0.0756. The Hall–Kier alpha value is -4.03. The molecule has 3 N–H and O–H groups in total. The van der Waals surface area contributed by atoms with Gasteiger partial charge in [-0.25, -0.2) is 0 Å². The molecular formula is C37H45N3O7Si. The number of carbonyl (C=O) groups excluding carboxylic acids is 3. The third-order valence-electron chi connectivity index (χ3n) is 10.7. The molecule has 0 unspecified atom stereocenters. The van der Waals surface area contributed by atoms with E-state index in [9.17, 15) is 19.8 Å². The standard InChI is InChI=1S/C37H45N3O7Si/c1-23-34(48(4,5)29-16-14-28(46-3)15-17-29)32(21-33(43)39-19-9-12-27(39)22-41)47-37(23)30-20-25(38-35(44)24(2)42)13-18-31(30)40(36(37)45)26-10-7-6-8-11-26/h6-8,10-11,13-18,20,23-24,27,32,34,41-42H,9,12,19,21-22H2,1-5H3,(H,38,44)/t23-,24+,27+,32+,34-,37+/m1/s1. The molecule has 6 atom stereocenters. The average Bonchev–Trinajstić information content (AvgIpc) is 3.75. The predicted octanol–water partition coefficient (Wildman–Crippen LogP) is 4.28. The monoisotopic (exact) mass is 671 g/mol. The first-order valence-corrected chi connectivity index (χ1v) is 19.8. The molecule has 3 heterocycles. The predicted molar refractivity (Wildman–Crippen MR) is 186 cm³/mol. The Morgan fingerprint density at radius 2 is 1.81 bits per heavy atom. The van der Waals surface area contributed by atoms with Crippen molar-refractivity contribution in [2.45, 2.75) is 75.6 Å². The largest absolute Gasteiger partial charge is 0.497 e. The molecule has 3 aromatic rings. The molecule has 6 rings (SSSR count). The van der Waals surface area contributed by atoms with Crippen LogP contribution in [-0.2, 0) is 24.7 Å². The van der Waals surface area contributed by atoms with Crippen LogP contribution in [0.4, 0.5) is 17.1 Å². The molecule has 0 radical (unpaired) electrons. The molecule has 48 heavy (non-hydrogen) atoms. The number of methoxy groups -OCH3 is 1. The second-order valence-corrected chi connectivity index (χ2v) is 18.5. The maximum atomic E-state index is 15.1. The Bertz CT molecular complexity index is 1680. The van der Waals surface area contributed by atoms with E-state index in [4.69, 9.17) is 9.47 Å². The quantitative estimate of drug-likeness (QED) is 0.290. The van der Waals surface area contributed by atoms with Crippen LogP contribution >= 0.6 is 0 Å². The summed E-state index contributed by atoms with van der Waals surface area (Å²) in [6, 6.07) is 22.5. The fourth-order valence-electron chi connectivity index (χ4n) is 8.24. The first-order valence-electron chi connectivity index (χ1n) is 16.7. The number of aliphatic hydroxyl groups is 2.